The number of halogens is 3. The van der Waals surface area contributed by atoms with Crippen LogP contribution in [0.3, 0.4) is 0 Å². The predicted molar refractivity (Wildman–Crippen MR) is 149 cm³/mol. The van der Waals surface area contributed by atoms with Gasteiger partial charge in [-0.2, -0.15) is 5.10 Å². The summed E-state index contributed by atoms with van der Waals surface area (Å²) < 4.78 is 40.9. The summed E-state index contributed by atoms with van der Waals surface area (Å²) in [6.07, 6.45) is 5.82. The maximum atomic E-state index is 14.6. The van der Waals surface area contributed by atoms with Crippen LogP contribution in [0.2, 0.25) is 5.02 Å². The molecule has 1 fully saturated rings. The molecule has 3 aromatic rings. The van der Waals surface area contributed by atoms with E-state index in [-0.39, 0.29) is 36.3 Å². The van der Waals surface area contributed by atoms with Crippen molar-refractivity contribution in [2.45, 2.75) is 51.6 Å². The van der Waals surface area contributed by atoms with Gasteiger partial charge in [-0.1, -0.05) is 17.7 Å². The third-order valence-corrected chi connectivity index (χ3v) is 8.33. The van der Waals surface area contributed by atoms with Gasteiger partial charge in [0.2, 0.25) is 0 Å². The molecule has 1 N–H and O–H groups in total. The number of carbonyl (C=O) groups is 2. The first-order valence-corrected chi connectivity index (χ1v) is 14.6. The zero-order valence-electron chi connectivity index (χ0n) is 22.4. The molecule has 41 heavy (non-hydrogen) atoms. The molecule has 9 nitrogen and oxygen atoms in total. The topological polar surface area (TPSA) is 108 Å². The third-order valence-electron chi connectivity index (χ3n) is 7.17. The first kappa shape index (κ1) is 28.9. The monoisotopic (exact) mass is 603 g/mol. The van der Waals surface area contributed by atoms with Crippen LogP contribution >= 0.6 is 22.9 Å². The number of hydrogen-bond acceptors (Lipinski definition) is 9. The van der Waals surface area contributed by atoms with Crippen LogP contribution < -0.4 is 5.32 Å². The number of nitrogens with one attached hydrogen (secondary N) is 1. The highest BCUT2D eigenvalue weighted by Gasteiger charge is 2.39. The van der Waals surface area contributed by atoms with Gasteiger partial charge in [-0.05, 0) is 57.6 Å². The highest BCUT2D eigenvalue weighted by atomic mass is 35.5. The first-order chi connectivity index (χ1) is 19.8. The van der Waals surface area contributed by atoms with Crippen molar-refractivity contribution in [2.24, 2.45) is 10.9 Å². The number of aromatic nitrogens is 3. The fraction of sp³-hybridized carbons (Fsp3) is 0.393. The van der Waals surface area contributed by atoms with Crippen molar-refractivity contribution in [3.63, 3.8) is 0 Å². The Morgan fingerprint density at radius 1 is 1.07 bits per heavy atom. The van der Waals surface area contributed by atoms with Crippen LogP contribution in [0, 0.1) is 17.6 Å². The fourth-order valence-corrected chi connectivity index (χ4v) is 6.17. The van der Waals surface area contributed by atoms with E-state index in [1.165, 1.54) is 17.4 Å². The van der Waals surface area contributed by atoms with Crippen LogP contribution in [-0.2, 0) is 14.3 Å². The molecule has 0 radical (unpaired) electrons. The Balaban J connectivity index is 1.53. The van der Waals surface area contributed by atoms with Gasteiger partial charge < -0.3 is 14.8 Å². The smallest absolute Gasteiger partial charge is 0.356 e. The average molecular weight is 604 g/mol. The van der Waals surface area contributed by atoms with Crippen LogP contribution in [-0.4, -0.2) is 45.8 Å². The van der Waals surface area contributed by atoms with Crippen LogP contribution in [0.5, 0.6) is 0 Å². The van der Waals surface area contributed by atoms with Gasteiger partial charge in [0.05, 0.1) is 29.9 Å². The molecule has 5 rings (SSSR count). The highest BCUT2D eigenvalue weighted by molar-refractivity contribution is 7.11. The summed E-state index contributed by atoms with van der Waals surface area (Å²) in [5.41, 5.74) is 1.31. The van der Waals surface area contributed by atoms with Gasteiger partial charge in [0.15, 0.2) is 22.5 Å². The molecule has 1 aromatic carbocycles. The lowest BCUT2D eigenvalue weighted by atomic mass is 9.80. The second kappa shape index (κ2) is 12.5. The third kappa shape index (κ3) is 5.76. The van der Waals surface area contributed by atoms with Crippen molar-refractivity contribution in [2.75, 3.05) is 13.2 Å². The number of carbonyl (C=O) groups excluding carboxylic acids is 2. The quantitative estimate of drug-likeness (QED) is 0.257. The molecule has 1 saturated carbocycles. The molecule has 1 atom stereocenters. The summed E-state index contributed by atoms with van der Waals surface area (Å²) >= 11 is 7.63. The number of allylic oxidation sites excluding steroid dienone is 1. The molecule has 0 amide bonds. The molecule has 3 heterocycles. The normalized spacial score (nSPS) is 20.8. The minimum absolute atomic E-state index is 0.0422. The van der Waals surface area contributed by atoms with Gasteiger partial charge in [-0.15, -0.1) is 11.3 Å². The van der Waals surface area contributed by atoms with Crippen molar-refractivity contribution >= 4 is 40.7 Å². The molecule has 1 aliphatic heterocycles. The predicted octanol–water partition coefficient (Wildman–Crippen LogP) is 5.79. The Kier molecular flexibility index (Phi) is 8.79. The molecule has 2 aliphatic rings. The SMILES string of the molecule is CCOC(=O)C1=C([C@H]2CC[C@H](n3nccc3C(=O)OCC)CC2)NC(c2nccs2)=NC1c1ccc(F)c(F)c1Cl. The average Bonchev–Trinajstić information content (AvgIpc) is 3.69. The van der Waals surface area contributed by atoms with Crippen molar-refractivity contribution in [3.05, 3.63) is 80.2 Å². The van der Waals surface area contributed by atoms with E-state index in [0.717, 1.165) is 6.07 Å². The summed E-state index contributed by atoms with van der Waals surface area (Å²) in [6, 6.07) is 2.85. The first-order valence-electron chi connectivity index (χ1n) is 13.3. The van der Waals surface area contributed by atoms with Crippen molar-refractivity contribution in [1.82, 2.24) is 20.1 Å². The second-order valence-corrected chi connectivity index (χ2v) is 10.8. The van der Waals surface area contributed by atoms with E-state index >= 15 is 0 Å². The van der Waals surface area contributed by atoms with E-state index < -0.39 is 34.6 Å². The van der Waals surface area contributed by atoms with E-state index in [1.807, 2.05) is 0 Å². The zero-order chi connectivity index (χ0) is 29.1. The lowest BCUT2D eigenvalue weighted by Crippen LogP contribution is -2.38. The standard InChI is InChI=1S/C28H28ClF2N5O4S/c1-3-39-27(37)19-11-12-33-36(19)16-7-5-15(6-8-16)23-20(28(38)40-4-2)24(17-9-10-18(30)22(31)21(17)29)35-25(34-23)26-32-13-14-41-26/h9-16,24H,3-8H2,1-2H3,(H,34,35)/t15-,16-,24?. The van der Waals surface area contributed by atoms with Gasteiger partial charge >= 0.3 is 11.9 Å². The molecule has 216 valence electrons. The van der Waals surface area contributed by atoms with Crippen molar-refractivity contribution < 1.29 is 27.8 Å². The number of rotatable bonds is 8. The number of ether oxygens (including phenoxy) is 2. The van der Waals surface area contributed by atoms with Crippen molar-refractivity contribution in [1.29, 1.82) is 0 Å². The Bertz CT molecular complexity index is 1500. The summed E-state index contributed by atoms with van der Waals surface area (Å²) in [7, 11) is 0. The molecule has 0 spiro atoms. The number of amidine groups is 1. The number of thiazole rings is 1. The number of esters is 2. The lowest BCUT2D eigenvalue weighted by molar-refractivity contribution is -0.139. The Morgan fingerprint density at radius 3 is 2.49 bits per heavy atom. The summed E-state index contributed by atoms with van der Waals surface area (Å²) in [5, 5.41) is 9.61. The second-order valence-electron chi connectivity index (χ2n) is 9.54. The maximum Gasteiger partial charge on any atom is 0.356 e. The zero-order valence-corrected chi connectivity index (χ0v) is 24.0. The number of benzene rings is 1. The largest absolute Gasteiger partial charge is 0.463 e. The van der Waals surface area contributed by atoms with Gasteiger partial charge in [0, 0.05) is 29.0 Å². The fourth-order valence-electron chi connectivity index (χ4n) is 5.33. The van der Waals surface area contributed by atoms with Gasteiger partial charge in [0.25, 0.3) is 0 Å². The van der Waals surface area contributed by atoms with E-state index in [4.69, 9.17) is 26.1 Å². The molecule has 2 aromatic heterocycles. The van der Waals surface area contributed by atoms with E-state index in [1.54, 1.807) is 42.4 Å². The molecule has 1 unspecified atom stereocenters. The minimum atomic E-state index is -1.21. The van der Waals surface area contributed by atoms with Crippen LogP contribution in [0.15, 0.2) is 52.2 Å². The van der Waals surface area contributed by atoms with Crippen LogP contribution in [0.4, 0.5) is 8.78 Å². The number of hydrogen-bond donors (Lipinski definition) is 1. The Labute approximate surface area is 244 Å². The highest BCUT2D eigenvalue weighted by Crippen LogP contribution is 2.43. The minimum Gasteiger partial charge on any atom is -0.463 e. The van der Waals surface area contributed by atoms with Crippen LogP contribution in [0.25, 0.3) is 0 Å². The molecule has 0 bridgehead atoms. The maximum absolute atomic E-state index is 14.6. The number of aliphatic imine (C=N–C) groups is 1. The summed E-state index contributed by atoms with van der Waals surface area (Å²) in [5.74, 6) is -3.10. The summed E-state index contributed by atoms with van der Waals surface area (Å²) in [4.78, 5) is 34.9. The van der Waals surface area contributed by atoms with E-state index in [0.29, 0.717) is 47.9 Å². The number of nitrogens with zero attached hydrogens (tertiary/aromatic N) is 4. The Morgan fingerprint density at radius 2 is 1.80 bits per heavy atom. The van der Waals surface area contributed by atoms with Gasteiger partial charge in [0.1, 0.15) is 11.7 Å². The molecule has 1 aliphatic carbocycles. The Hall–Kier alpha value is -3.64. The van der Waals surface area contributed by atoms with Crippen molar-refractivity contribution in [3.8, 4) is 0 Å². The molecular formula is C28H28ClF2N5O4S. The summed E-state index contributed by atoms with van der Waals surface area (Å²) in [6.45, 7) is 3.81. The molecule has 13 heteroatoms. The van der Waals surface area contributed by atoms with Crippen LogP contribution in [0.1, 0.15) is 72.7 Å². The molecular weight excluding hydrogens is 576 g/mol. The van der Waals surface area contributed by atoms with Gasteiger partial charge in [-0.3, -0.25) is 9.67 Å². The van der Waals surface area contributed by atoms with Gasteiger partial charge in [-0.25, -0.2) is 23.4 Å². The lowest BCUT2D eigenvalue weighted by Gasteiger charge is -2.35. The van der Waals surface area contributed by atoms with E-state index in [9.17, 15) is 18.4 Å². The van der Waals surface area contributed by atoms with E-state index in [2.05, 4.69) is 15.4 Å². The molecule has 0 saturated heterocycles.